The Kier molecular flexibility index (Phi) is 2.94. The van der Waals surface area contributed by atoms with Gasteiger partial charge in [0.2, 0.25) is 5.69 Å². The Morgan fingerprint density at radius 3 is 2.84 bits per heavy atom. The van der Waals surface area contributed by atoms with E-state index in [0.29, 0.717) is 11.7 Å². The van der Waals surface area contributed by atoms with Crippen molar-refractivity contribution in [3.63, 3.8) is 0 Å². The van der Waals surface area contributed by atoms with Crippen molar-refractivity contribution in [3.05, 3.63) is 28.7 Å². The van der Waals surface area contributed by atoms with Gasteiger partial charge in [-0.2, -0.15) is 0 Å². The molecule has 0 amide bonds. The number of hydrogen-bond donors (Lipinski definition) is 1. The summed E-state index contributed by atoms with van der Waals surface area (Å²) in [5, 5.41) is 3.55. The number of rotatable bonds is 1. The molecule has 4 heteroatoms. The van der Waals surface area contributed by atoms with Crippen LogP contribution in [0.2, 0.25) is 0 Å². The number of nitrogens with one attached hydrogen (secondary N) is 1. The fourth-order valence-corrected chi connectivity index (χ4v) is 3.49. The van der Waals surface area contributed by atoms with Gasteiger partial charge in [0.25, 0.3) is 0 Å². The Hall–Kier alpha value is -1.60. The largest absolute Gasteiger partial charge is 0.356 e. The molecule has 3 rings (SSSR count). The summed E-state index contributed by atoms with van der Waals surface area (Å²) in [4.78, 5) is 10.6. The van der Waals surface area contributed by atoms with Gasteiger partial charge >= 0.3 is 0 Å². The first-order valence-electron chi connectivity index (χ1n) is 6.94. The molecule has 0 aliphatic carbocycles. The van der Waals surface area contributed by atoms with Crippen LogP contribution in [0, 0.1) is 32.3 Å². The third-order valence-corrected chi connectivity index (χ3v) is 4.62. The normalized spacial score (nSPS) is 29.4. The first-order valence-corrected chi connectivity index (χ1v) is 6.94. The van der Waals surface area contributed by atoms with Gasteiger partial charge in [0.15, 0.2) is 0 Å². The third-order valence-electron chi connectivity index (χ3n) is 4.62. The summed E-state index contributed by atoms with van der Waals surface area (Å²) in [6.45, 7) is 16.7. The zero-order valence-corrected chi connectivity index (χ0v) is 11.8. The van der Waals surface area contributed by atoms with Crippen molar-refractivity contribution in [3.8, 4) is 0 Å². The molecule has 1 aromatic rings. The average Bonchev–Trinajstić information content (AvgIpc) is 2.92. The van der Waals surface area contributed by atoms with Crippen LogP contribution < -0.4 is 10.2 Å². The molecule has 0 aromatic carbocycles. The fourth-order valence-electron chi connectivity index (χ4n) is 3.49. The maximum atomic E-state index is 7.20. The molecule has 1 aromatic heterocycles. The van der Waals surface area contributed by atoms with Gasteiger partial charge in [0, 0.05) is 31.4 Å². The second-order valence-corrected chi connectivity index (χ2v) is 5.87. The quantitative estimate of drug-likeness (QED) is 0.783. The van der Waals surface area contributed by atoms with Gasteiger partial charge in [0.1, 0.15) is 5.82 Å². The van der Waals surface area contributed by atoms with E-state index in [0.717, 1.165) is 48.5 Å². The fraction of sp³-hybridized carbons (Fsp3) is 0.600. The summed E-state index contributed by atoms with van der Waals surface area (Å²) < 4.78 is 0. The molecule has 0 bridgehead atoms. The third kappa shape index (κ3) is 1.98. The van der Waals surface area contributed by atoms with E-state index in [1.54, 1.807) is 0 Å². The van der Waals surface area contributed by atoms with Crippen molar-refractivity contribution in [2.24, 2.45) is 11.8 Å². The molecule has 3 heterocycles. The number of aryl methyl sites for hydroxylation is 2. The van der Waals surface area contributed by atoms with Gasteiger partial charge in [-0.15, -0.1) is 0 Å². The molecule has 0 radical (unpaired) electrons. The Morgan fingerprint density at radius 2 is 2.21 bits per heavy atom. The topological polar surface area (TPSA) is 32.5 Å². The number of pyridine rings is 1. The second-order valence-electron chi connectivity index (χ2n) is 5.87. The zero-order chi connectivity index (χ0) is 13.6. The smallest absolute Gasteiger partial charge is 0.211 e. The molecule has 2 aliphatic heterocycles. The van der Waals surface area contributed by atoms with Crippen molar-refractivity contribution in [2.45, 2.75) is 26.8 Å². The predicted octanol–water partition coefficient (Wildman–Crippen LogP) is 2.29. The van der Waals surface area contributed by atoms with Crippen molar-refractivity contribution in [1.29, 1.82) is 0 Å². The van der Waals surface area contributed by atoms with E-state index in [-0.39, 0.29) is 0 Å². The van der Waals surface area contributed by atoms with Crippen molar-refractivity contribution in [2.75, 3.05) is 24.5 Å². The number of nitrogens with zero attached hydrogens (tertiary/aromatic N) is 3. The second kappa shape index (κ2) is 4.50. The van der Waals surface area contributed by atoms with Crippen LogP contribution in [-0.2, 0) is 0 Å². The Morgan fingerprint density at radius 1 is 1.42 bits per heavy atom. The molecule has 2 aliphatic rings. The zero-order valence-electron chi connectivity index (χ0n) is 11.8. The molecule has 2 fully saturated rings. The van der Waals surface area contributed by atoms with E-state index >= 15 is 0 Å². The minimum atomic E-state index is 0.611. The summed E-state index contributed by atoms with van der Waals surface area (Å²) in [5.41, 5.74) is 2.60. The summed E-state index contributed by atoms with van der Waals surface area (Å²) in [7, 11) is 0. The highest BCUT2D eigenvalue weighted by molar-refractivity contribution is 5.60. The van der Waals surface area contributed by atoms with Gasteiger partial charge in [-0.25, -0.2) is 9.83 Å². The minimum absolute atomic E-state index is 0.611. The maximum Gasteiger partial charge on any atom is 0.211 e. The SMILES string of the molecule is [C-]#[N+]c1c(C)cc(N2C[C@@H]3CN[C@@H](C)[C@@H]3C2)nc1C. The van der Waals surface area contributed by atoms with Gasteiger partial charge in [-0.05, 0) is 44.2 Å². The van der Waals surface area contributed by atoms with Crippen LogP contribution in [-0.4, -0.2) is 30.7 Å². The Labute approximate surface area is 114 Å². The van der Waals surface area contributed by atoms with Gasteiger partial charge in [0.05, 0.1) is 6.57 Å². The van der Waals surface area contributed by atoms with E-state index in [4.69, 9.17) is 6.57 Å². The van der Waals surface area contributed by atoms with Crippen LogP contribution in [0.3, 0.4) is 0 Å². The predicted molar refractivity (Wildman–Crippen MR) is 76.6 cm³/mol. The lowest BCUT2D eigenvalue weighted by Gasteiger charge is -2.21. The first kappa shape index (κ1) is 12.4. The monoisotopic (exact) mass is 256 g/mol. The molecular formula is C15H20N4. The molecule has 100 valence electrons. The lowest BCUT2D eigenvalue weighted by Crippen LogP contribution is -2.30. The van der Waals surface area contributed by atoms with Crippen LogP contribution in [0.1, 0.15) is 18.2 Å². The summed E-state index contributed by atoms with van der Waals surface area (Å²) >= 11 is 0. The van der Waals surface area contributed by atoms with Gasteiger partial charge in [-0.3, -0.25) is 0 Å². The van der Waals surface area contributed by atoms with Crippen LogP contribution in [0.25, 0.3) is 4.85 Å². The Balaban J connectivity index is 1.87. The molecule has 19 heavy (non-hydrogen) atoms. The number of fused-ring (bicyclic) bond motifs is 1. The van der Waals surface area contributed by atoms with Gasteiger partial charge < -0.3 is 10.2 Å². The molecule has 0 unspecified atom stereocenters. The summed E-state index contributed by atoms with van der Waals surface area (Å²) in [6, 6.07) is 2.68. The van der Waals surface area contributed by atoms with Crippen LogP contribution in [0.5, 0.6) is 0 Å². The molecular weight excluding hydrogens is 236 g/mol. The first-order chi connectivity index (χ1) is 9.10. The highest BCUT2D eigenvalue weighted by Gasteiger charge is 2.40. The molecule has 0 saturated carbocycles. The molecule has 4 nitrogen and oxygen atoms in total. The minimum Gasteiger partial charge on any atom is -0.356 e. The van der Waals surface area contributed by atoms with Crippen molar-refractivity contribution >= 4 is 11.5 Å². The molecule has 0 spiro atoms. The van der Waals surface area contributed by atoms with E-state index in [1.807, 2.05) is 13.8 Å². The standard InChI is InChI=1S/C15H20N4/c1-9-5-14(18-11(3)15(9)16-4)19-7-12-6-17-10(2)13(12)8-19/h5,10,12-13,17H,6-8H2,1-3H3/t10-,12-,13-/m0/s1. The lowest BCUT2D eigenvalue weighted by molar-refractivity contribution is 0.464. The maximum absolute atomic E-state index is 7.20. The average molecular weight is 256 g/mol. The van der Waals surface area contributed by atoms with E-state index in [9.17, 15) is 0 Å². The van der Waals surface area contributed by atoms with Crippen LogP contribution >= 0.6 is 0 Å². The van der Waals surface area contributed by atoms with Crippen LogP contribution in [0.15, 0.2) is 6.07 Å². The van der Waals surface area contributed by atoms with E-state index < -0.39 is 0 Å². The molecule has 3 atom stereocenters. The van der Waals surface area contributed by atoms with Crippen molar-refractivity contribution < 1.29 is 0 Å². The molecule has 2 saturated heterocycles. The highest BCUT2D eigenvalue weighted by atomic mass is 15.2. The van der Waals surface area contributed by atoms with E-state index in [1.165, 1.54) is 0 Å². The van der Waals surface area contributed by atoms with Crippen molar-refractivity contribution in [1.82, 2.24) is 10.3 Å². The highest BCUT2D eigenvalue weighted by Crippen LogP contribution is 2.34. The molecule has 1 N–H and O–H groups in total. The lowest BCUT2D eigenvalue weighted by atomic mass is 9.95. The number of hydrogen-bond acceptors (Lipinski definition) is 3. The summed E-state index contributed by atoms with van der Waals surface area (Å²) in [5.74, 6) is 2.53. The Bertz CT molecular complexity index is 523. The summed E-state index contributed by atoms with van der Waals surface area (Å²) in [6.07, 6.45) is 0. The number of anilines is 1. The van der Waals surface area contributed by atoms with Gasteiger partial charge in [-0.1, -0.05) is 0 Å². The van der Waals surface area contributed by atoms with Crippen LogP contribution in [0.4, 0.5) is 11.5 Å². The number of aromatic nitrogens is 1. The van der Waals surface area contributed by atoms with E-state index in [2.05, 4.69) is 33.0 Å².